The predicted molar refractivity (Wildman–Crippen MR) is 79.9 cm³/mol. The van der Waals surface area contributed by atoms with Crippen molar-refractivity contribution in [2.45, 2.75) is 39.4 Å². The van der Waals surface area contributed by atoms with E-state index in [4.69, 9.17) is 4.74 Å². The van der Waals surface area contributed by atoms with Gasteiger partial charge in [0.1, 0.15) is 11.9 Å². The van der Waals surface area contributed by atoms with Gasteiger partial charge in [0, 0.05) is 11.8 Å². The number of hydrogen-bond acceptors (Lipinski definition) is 3. The van der Waals surface area contributed by atoms with Gasteiger partial charge in [0.2, 0.25) is 0 Å². The number of hydrogen-bond donors (Lipinski definition) is 1. The van der Waals surface area contributed by atoms with Gasteiger partial charge in [-0.25, -0.2) is 0 Å². The maximum absolute atomic E-state index is 10.4. The quantitative estimate of drug-likeness (QED) is 0.904. The number of aliphatic hydroxyl groups excluding tert-OH is 1. The molecule has 106 valence electrons. The molecule has 0 amide bonds. The molecule has 20 heavy (non-hydrogen) atoms. The molecule has 1 aromatic heterocycles. The van der Waals surface area contributed by atoms with E-state index in [2.05, 4.69) is 11.9 Å². The fourth-order valence-electron chi connectivity index (χ4n) is 2.05. The molecule has 2 rings (SSSR count). The summed E-state index contributed by atoms with van der Waals surface area (Å²) in [5, 5.41) is 10.4. The Hall–Kier alpha value is -1.87. The summed E-state index contributed by atoms with van der Waals surface area (Å²) in [5.41, 5.74) is 2.87. The van der Waals surface area contributed by atoms with Crippen molar-refractivity contribution in [3.05, 3.63) is 59.4 Å². The normalized spacial score (nSPS) is 12.4. The predicted octanol–water partition coefficient (Wildman–Crippen LogP) is 3.51. The van der Waals surface area contributed by atoms with Gasteiger partial charge in [0.05, 0.1) is 12.3 Å². The molecule has 0 bridgehead atoms. The van der Waals surface area contributed by atoms with E-state index < -0.39 is 6.10 Å². The van der Waals surface area contributed by atoms with Crippen LogP contribution in [0.25, 0.3) is 0 Å². The first kappa shape index (κ1) is 14.5. The van der Waals surface area contributed by atoms with Gasteiger partial charge < -0.3 is 9.84 Å². The van der Waals surface area contributed by atoms with Gasteiger partial charge in [-0.3, -0.25) is 4.98 Å². The second-order valence-electron chi connectivity index (χ2n) is 5.12. The largest absolute Gasteiger partial charge is 0.489 e. The van der Waals surface area contributed by atoms with E-state index >= 15 is 0 Å². The molecule has 0 aliphatic heterocycles. The Morgan fingerprint density at radius 2 is 1.80 bits per heavy atom. The number of rotatable bonds is 5. The molecule has 1 unspecified atom stereocenters. The average Bonchev–Trinajstić information content (AvgIpc) is 2.46. The number of aryl methyl sites for hydroxylation is 1. The summed E-state index contributed by atoms with van der Waals surface area (Å²) in [6.07, 6.45) is 3.75. The molecule has 0 aliphatic rings. The first-order valence-electron chi connectivity index (χ1n) is 6.98. The Morgan fingerprint density at radius 3 is 2.40 bits per heavy atom. The minimum atomic E-state index is -0.677. The van der Waals surface area contributed by atoms with E-state index in [1.807, 2.05) is 44.2 Å². The van der Waals surface area contributed by atoms with Crippen LogP contribution in [-0.4, -0.2) is 16.2 Å². The van der Waals surface area contributed by atoms with Gasteiger partial charge in [-0.2, -0.15) is 0 Å². The molecule has 1 atom stereocenters. The number of aromatic nitrogens is 1. The molecule has 0 spiro atoms. The van der Waals surface area contributed by atoms with Crippen molar-refractivity contribution < 1.29 is 9.84 Å². The maximum atomic E-state index is 10.4. The van der Waals surface area contributed by atoms with Crippen molar-refractivity contribution in [2.75, 3.05) is 0 Å². The fourth-order valence-corrected chi connectivity index (χ4v) is 2.05. The second kappa shape index (κ2) is 6.53. The Bertz CT molecular complexity index is 549. The van der Waals surface area contributed by atoms with Crippen LogP contribution in [0, 0.1) is 0 Å². The summed E-state index contributed by atoms with van der Waals surface area (Å²) >= 11 is 0. The molecule has 0 radical (unpaired) electrons. The summed E-state index contributed by atoms with van der Waals surface area (Å²) < 4.78 is 5.60. The van der Waals surface area contributed by atoms with Crippen molar-refractivity contribution in [3.63, 3.8) is 0 Å². The summed E-state index contributed by atoms with van der Waals surface area (Å²) in [4.78, 5) is 4.13. The first-order chi connectivity index (χ1) is 9.60. The Balaban J connectivity index is 2.20. The first-order valence-corrected chi connectivity index (χ1v) is 6.98. The van der Waals surface area contributed by atoms with Crippen LogP contribution in [0.5, 0.6) is 5.75 Å². The molecular formula is C17H21NO2. The lowest BCUT2D eigenvalue weighted by molar-refractivity contribution is 0.215. The van der Waals surface area contributed by atoms with Crippen LogP contribution in [0.1, 0.15) is 43.6 Å². The zero-order valence-corrected chi connectivity index (χ0v) is 12.2. The molecule has 3 nitrogen and oxygen atoms in total. The molecule has 1 N–H and O–H groups in total. The third-order valence-electron chi connectivity index (χ3n) is 3.13. The summed E-state index contributed by atoms with van der Waals surface area (Å²) in [5.74, 6) is 0.682. The van der Waals surface area contributed by atoms with Crippen LogP contribution >= 0.6 is 0 Å². The lowest BCUT2D eigenvalue weighted by atomic mass is 10.0. The number of benzene rings is 1. The smallest absolute Gasteiger partial charge is 0.138 e. The topological polar surface area (TPSA) is 42.4 Å². The van der Waals surface area contributed by atoms with E-state index in [1.54, 1.807) is 12.4 Å². The van der Waals surface area contributed by atoms with Gasteiger partial charge in [-0.1, -0.05) is 31.2 Å². The summed E-state index contributed by atoms with van der Waals surface area (Å²) in [7, 11) is 0. The minimum Gasteiger partial charge on any atom is -0.489 e. The second-order valence-corrected chi connectivity index (χ2v) is 5.12. The van der Waals surface area contributed by atoms with E-state index in [1.165, 1.54) is 5.56 Å². The highest BCUT2D eigenvalue weighted by atomic mass is 16.5. The molecule has 3 heteroatoms. The molecule has 2 aromatic rings. The average molecular weight is 271 g/mol. The third-order valence-corrected chi connectivity index (χ3v) is 3.13. The molecule has 1 heterocycles. The van der Waals surface area contributed by atoms with Gasteiger partial charge in [0.25, 0.3) is 0 Å². The van der Waals surface area contributed by atoms with Crippen LogP contribution in [0.15, 0.2) is 42.7 Å². The lowest BCUT2D eigenvalue weighted by Crippen LogP contribution is -2.07. The van der Waals surface area contributed by atoms with Crippen molar-refractivity contribution in [2.24, 2.45) is 0 Å². The highest BCUT2D eigenvalue weighted by Gasteiger charge is 2.12. The standard InChI is InChI=1S/C17H21NO2/c1-4-13-5-7-14(8-6-13)17(19)15-9-16(11-18-10-15)20-12(2)3/h5-12,17,19H,4H2,1-3H3. The van der Waals surface area contributed by atoms with Gasteiger partial charge >= 0.3 is 0 Å². The number of aliphatic hydroxyl groups is 1. The van der Waals surface area contributed by atoms with Crippen LogP contribution < -0.4 is 4.74 Å². The van der Waals surface area contributed by atoms with Gasteiger partial charge in [0.15, 0.2) is 0 Å². The number of nitrogens with zero attached hydrogens (tertiary/aromatic N) is 1. The Morgan fingerprint density at radius 1 is 1.10 bits per heavy atom. The van der Waals surface area contributed by atoms with Gasteiger partial charge in [-0.05, 0) is 37.5 Å². The number of pyridine rings is 1. The zero-order chi connectivity index (χ0) is 14.5. The van der Waals surface area contributed by atoms with E-state index in [-0.39, 0.29) is 6.10 Å². The Labute approximate surface area is 120 Å². The Kier molecular flexibility index (Phi) is 4.74. The van der Waals surface area contributed by atoms with Crippen molar-refractivity contribution in [1.29, 1.82) is 0 Å². The molecule has 1 aromatic carbocycles. The minimum absolute atomic E-state index is 0.0908. The third kappa shape index (κ3) is 3.58. The van der Waals surface area contributed by atoms with E-state index in [0.717, 1.165) is 17.5 Å². The van der Waals surface area contributed by atoms with Crippen molar-refractivity contribution in [3.8, 4) is 5.75 Å². The van der Waals surface area contributed by atoms with Gasteiger partial charge in [-0.15, -0.1) is 0 Å². The SMILES string of the molecule is CCc1ccc(C(O)c2cncc(OC(C)C)c2)cc1. The molecular weight excluding hydrogens is 250 g/mol. The van der Waals surface area contributed by atoms with Crippen LogP contribution in [-0.2, 0) is 6.42 Å². The highest BCUT2D eigenvalue weighted by Crippen LogP contribution is 2.24. The van der Waals surface area contributed by atoms with Crippen LogP contribution in [0.4, 0.5) is 0 Å². The summed E-state index contributed by atoms with van der Waals surface area (Å²) in [6.45, 7) is 6.04. The highest BCUT2D eigenvalue weighted by molar-refractivity contribution is 5.33. The van der Waals surface area contributed by atoms with Crippen molar-refractivity contribution in [1.82, 2.24) is 4.98 Å². The van der Waals surface area contributed by atoms with Crippen molar-refractivity contribution >= 4 is 0 Å². The molecule has 0 saturated heterocycles. The maximum Gasteiger partial charge on any atom is 0.138 e. The molecule has 0 aliphatic carbocycles. The molecule has 0 saturated carbocycles. The fraction of sp³-hybridized carbons (Fsp3) is 0.353. The zero-order valence-electron chi connectivity index (χ0n) is 12.2. The lowest BCUT2D eigenvalue weighted by Gasteiger charge is -2.14. The van der Waals surface area contributed by atoms with E-state index in [9.17, 15) is 5.11 Å². The number of ether oxygens (including phenoxy) is 1. The van der Waals surface area contributed by atoms with Crippen LogP contribution in [0.3, 0.4) is 0 Å². The summed E-state index contributed by atoms with van der Waals surface area (Å²) in [6, 6.07) is 9.84. The molecule has 0 fully saturated rings. The van der Waals surface area contributed by atoms with Crippen LogP contribution in [0.2, 0.25) is 0 Å². The van der Waals surface area contributed by atoms with E-state index in [0.29, 0.717) is 5.75 Å². The monoisotopic (exact) mass is 271 g/mol.